The smallest absolute Gasteiger partial charge is 0.252 e. The number of nitrogens with zero attached hydrogens (tertiary/aromatic N) is 1. The summed E-state index contributed by atoms with van der Waals surface area (Å²) in [4.78, 5) is 3.57. The summed E-state index contributed by atoms with van der Waals surface area (Å²) >= 11 is 0. The maximum atomic E-state index is 12.7. The fourth-order valence-electron chi connectivity index (χ4n) is 2.02. The highest BCUT2D eigenvalue weighted by Crippen LogP contribution is 2.33. The van der Waals surface area contributed by atoms with Crippen molar-refractivity contribution in [1.29, 1.82) is 0 Å². The highest BCUT2D eigenvalue weighted by Gasteiger charge is 2.35. The molecule has 18 heavy (non-hydrogen) atoms. The van der Waals surface area contributed by atoms with Crippen molar-refractivity contribution in [2.24, 2.45) is 10.4 Å². The van der Waals surface area contributed by atoms with E-state index < -0.39 is 11.9 Å². The molecule has 1 rings (SSSR count). The van der Waals surface area contributed by atoms with Gasteiger partial charge < -0.3 is 0 Å². The van der Waals surface area contributed by atoms with E-state index in [0.717, 1.165) is 12.0 Å². The van der Waals surface area contributed by atoms with Crippen LogP contribution in [0.4, 0.5) is 13.2 Å². The summed E-state index contributed by atoms with van der Waals surface area (Å²) in [6, 6.07) is 0. The van der Waals surface area contributed by atoms with Crippen LogP contribution >= 0.6 is 0 Å². The molecule has 0 amide bonds. The zero-order valence-corrected chi connectivity index (χ0v) is 11.4. The van der Waals surface area contributed by atoms with E-state index in [4.69, 9.17) is 0 Å². The van der Waals surface area contributed by atoms with E-state index in [9.17, 15) is 13.2 Å². The topological polar surface area (TPSA) is 12.4 Å². The Labute approximate surface area is 106 Å². The largest absolute Gasteiger partial charge is 0.433 e. The first kappa shape index (κ1) is 15.0. The van der Waals surface area contributed by atoms with Gasteiger partial charge in [-0.25, -0.2) is 0 Å². The lowest BCUT2D eigenvalue weighted by atomic mass is 9.85. The molecule has 0 saturated heterocycles. The lowest BCUT2D eigenvalue weighted by Crippen LogP contribution is -2.14. The Morgan fingerprint density at radius 2 is 1.78 bits per heavy atom. The van der Waals surface area contributed by atoms with Crippen molar-refractivity contribution in [3.05, 3.63) is 22.9 Å². The molecule has 0 saturated carbocycles. The first-order chi connectivity index (χ1) is 8.09. The fraction of sp³-hybridized carbons (Fsp3) is 0.643. The van der Waals surface area contributed by atoms with Gasteiger partial charge in [0.2, 0.25) is 0 Å². The van der Waals surface area contributed by atoms with Gasteiger partial charge in [-0.05, 0) is 43.3 Å². The lowest BCUT2D eigenvalue weighted by Gasteiger charge is -2.21. The Hall–Kier alpha value is -1.06. The van der Waals surface area contributed by atoms with Gasteiger partial charge in [0.05, 0.1) is 0 Å². The van der Waals surface area contributed by atoms with Crippen LogP contribution in [-0.4, -0.2) is 12.4 Å². The van der Waals surface area contributed by atoms with Crippen molar-refractivity contribution in [1.82, 2.24) is 0 Å². The molecule has 102 valence electrons. The second-order valence-electron chi connectivity index (χ2n) is 5.97. The summed E-state index contributed by atoms with van der Waals surface area (Å²) < 4.78 is 38.0. The maximum absolute atomic E-state index is 12.7. The summed E-state index contributed by atoms with van der Waals surface area (Å²) in [6.07, 6.45) is 0.641. The van der Waals surface area contributed by atoms with Gasteiger partial charge >= 0.3 is 6.18 Å². The van der Waals surface area contributed by atoms with Crippen molar-refractivity contribution in [2.75, 3.05) is 0 Å². The molecule has 0 radical (unpaired) electrons. The van der Waals surface area contributed by atoms with Gasteiger partial charge in [0.1, 0.15) is 5.70 Å². The molecule has 0 unspecified atom stereocenters. The molecule has 1 aliphatic heterocycles. The van der Waals surface area contributed by atoms with Crippen LogP contribution in [0.15, 0.2) is 27.9 Å². The molecule has 1 aliphatic rings. The molecular formula is C14H20F3N. The van der Waals surface area contributed by atoms with Crippen molar-refractivity contribution in [3.63, 3.8) is 0 Å². The molecular weight excluding hydrogens is 239 g/mol. The van der Waals surface area contributed by atoms with E-state index >= 15 is 0 Å². The number of alkyl halides is 3. The van der Waals surface area contributed by atoms with Crippen LogP contribution in [0.5, 0.6) is 0 Å². The first-order valence-electron chi connectivity index (χ1n) is 6.08. The van der Waals surface area contributed by atoms with Crippen molar-refractivity contribution in [2.45, 2.75) is 53.1 Å². The van der Waals surface area contributed by atoms with E-state index in [0.29, 0.717) is 18.4 Å². The number of hydrogen-bond acceptors (Lipinski definition) is 1. The van der Waals surface area contributed by atoms with E-state index in [1.165, 1.54) is 13.1 Å². The number of halogens is 3. The van der Waals surface area contributed by atoms with Crippen LogP contribution in [0.1, 0.15) is 47.0 Å². The molecule has 1 nitrogen and oxygen atoms in total. The molecule has 0 fully saturated rings. The number of allylic oxidation sites excluding steroid dienone is 4. The Morgan fingerprint density at radius 1 is 1.17 bits per heavy atom. The van der Waals surface area contributed by atoms with Gasteiger partial charge in [-0.15, -0.1) is 0 Å². The van der Waals surface area contributed by atoms with E-state index in [1.54, 1.807) is 6.08 Å². The fourth-order valence-corrected chi connectivity index (χ4v) is 2.02. The minimum Gasteiger partial charge on any atom is -0.252 e. The minimum absolute atomic E-state index is 0.142. The Balaban J connectivity index is 2.91. The SMILES string of the molecule is CC1=C(C(F)(F)F)N=CC=C(CC(C)(C)C)CC1. The van der Waals surface area contributed by atoms with Gasteiger partial charge in [-0.3, -0.25) is 4.99 Å². The van der Waals surface area contributed by atoms with Gasteiger partial charge in [0, 0.05) is 6.21 Å². The molecule has 0 bridgehead atoms. The predicted molar refractivity (Wildman–Crippen MR) is 68.6 cm³/mol. The first-order valence-corrected chi connectivity index (χ1v) is 6.08. The lowest BCUT2D eigenvalue weighted by molar-refractivity contribution is -0.0932. The number of aliphatic imine (C=N–C) groups is 1. The van der Waals surface area contributed by atoms with Crippen molar-refractivity contribution in [3.8, 4) is 0 Å². The minimum atomic E-state index is -4.35. The molecule has 0 N–H and O–H groups in total. The summed E-state index contributed by atoms with van der Waals surface area (Å²) in [6.45, 7) is 7.87. The average molecular weight is 259 g/mol. The zero-order valence-electron chi connectivity index (χ0n) is 11.4. The van der Waals surface area contributed by atoms with Gasteiger partial charge in [0.25, 0.3) is 0 Å². The van der Waals surface area contributed by atoms with Crippen molar-refractivity contribution >= 4 is 6.21 Å². The molecule has 0 aliphatic carbocycles. The second kappa shape index (κ2) is 5.29. The highest BCUT2D eigenvalue weighted by atomic mass is 19.4. The van der Waals surface area contributed by atoms with Crippen LogP contribution < -0.4 is 0 Å². The average Bonchev–Trinajstić information content (AvgIpc) is 2.13. The van der Waals surface area contributed by atoms with Gasteiger partial charge in [0.15, 0.2) is 0 Å². The zero-order chi connectivity index (χ0) is 14.0. The van der Waals surface area contributed by atoms with Gasteiger partial charge in [-0.2, -0.15) is 13.2 Å². The van der Waals surface area contributed by atoms with Crippen LogP contribution in [0.25, 0.3) is 0 Å². The summed E-state index contributed by atoms with van der Waals surface area (Å²) in [5, 5.41) is 0. The molecule has 1 heterocycles. The maximum Gasteiger partial charge on any atom is 0.433 e. The van der Waals surface area contributed by atoms with Crippen molar-refractivity contribution < 1.29 is 13.2 Å². The summed E-state index contributed by atoms with van der Waals surface area (Å²) in [5.74, 6) is 0. The van der Waals surface area contributed by atoms with Crippen LogP contribution in [-0.2, 0) is 0 Å². The predicted octanol–water partition coefficient (Wildman–Crippen LogP) is 5.05. The summed E-state index contributed by atoms with van der Waals surface area (Å²) in [7, 11) is 0. The third kappa shape index (κ3) is 4.67. The standard InChI is InChI=1S/C14H20F3N/c1-10-5-6-11(9-13(2,3)4)7-8-18-12(10)14(15,16)17/h7-8H,5-6,9H2,1-4H3. The highest BCUT2D eigenvalue weighted by molar-refractivity contribution is 5.73. The third-order valence-corrected chi connectivity index (χ3v) is 2.77. The monoisotopic (exact) mass is 259 g/mol. The van der Waals surface area contributed by atoms with E-state index in [1.807, 2.05) is 0 Å². The third-order valence-electron chi connectivity index (χ3n) is 2.77. The Bertz CT molecular complexity index is 392. The van der Waals surface area contributed by atoms with E-state index in [2.05, 4.69) is 25.8 Å². The molecule has 0 aromatic carbocycles. The van der Waals surface area contributed by atoms with Crippen LogP contribution in [0.2, 0.25) is 0 Å². The Kier molecular flexibility index (Phi) is 4.41. The number of rotatable bonds is 1. The molecule has 0 atom stereocenters. The molecule has 0 spiro atoms. The molecule has 0 aromatic rings. The number of hydrogen-bond donors (Lipinski definition) is 0. The normalized spacial score (nSPS) is 18.5. The molecule has 0 aromatic heterocycles. The van der Waals surface area contributed by atoms with Crippen LogP contribution in [0, 0.1) is 5.41 Å². The van der Waals surface area contributed by atoms with Gasteiger partial charge in [-0.1, -0.05) is 26.3 Å². The summed E-state index contributed by atoms with van der Waals surface area (Å²) in [5.41, 5.74) is 0.877. The second-order valence-corrected chi connectivity index (χ2v) is 5.97. The quantitative estimate of drug-likeness (QED) is 0.625. The Morgan fingerprint density at radius 3 is 2.28 bits per heavy atom. The van der Waals surface area contributed by atoms with E-state index in [-0.39, 0.29) is 5.41 Å². The molecule has 4 heteroatoms. The van der Waals surface area contributed by atoms with Crippen LogP contribution in [0.3, 0.4) is 0 Å².